The summed E-state index contributed by atoms with van der Waals surface area (Å²) < 4.78 is 33.5. The van der Waals surface area contributed by atoms with E-state index in [1.165, 1.54) is 11.9 Å². The van der Waals surface area contributed by atoms with E-state index in [4.69, 9.17) is 4.74 Å². The van der Waals surface area contributed by atoms with Crippen molar-refractivity contribution in [3.8, 4) is 11.4 Å². The molecule has 26 heavy (non-hydrogen) atoms. The lowest BCUT2D eigenvalue weighted by atomic mass is 10.2. The molecule has 2 heterocycles. The normalized spacial score (nSPS) is 10.6. The van der Waals surface area contributed by atoms with Gasteiger partial charge in [-0.3, -0.25) is 4.79 Å². The van der Waals surface area contributed by atoms with Gasteiger partial charge in [-0.05, 0) is 12.1 Å². The van der Waals surface area contributed by atoms with Gasteiger partial charge in [0, 0.05) is 37.5 Å². The first kappa shape index (κ1) is 17.5. The van der Waals surface area contributed by atoms with Crippen LogP contribution in [0.5, 0.6) is 5.75 Å². The molecule has 0 radical (unpaired) electrons. The van der Waals surface area contributed by atoms with Crippen molar-refractivity contribution in [2.45, 2.75) is 6.54 Å². The van der Waals surface area contributed by atoms with Crippen molar-refractivity contribution in [1.82, 2.24) is 19.7 Å². The Morgan fingerprint density at radius 3 is 2.81 bits per heavy atom. The molecule has 1 amide bonds. The lowest BCUT2D eigenvalue weighted by molar-refractivity contribution is 0.0774. The Hall–Kier alpha value is -3.29. The standard InChI is InChI=1S/C18H16F2N4O2/c1-23(18(25)17-16(20)6-13(19)9-21-17)10-12-8-22-24(11-12)14-4-3-5-15(7-14)26-2/h3-9,11H,10H2,1-2H3. The van der Waals surface area contributed by atoms with E-state index >= 15 is 0 Å². The summed E-state index contributed by atoms with van der Waals surface area (Å²) in [7, 11) is 3.09. The molecule has 6 nitrogen and oxygen atoms in total. The minimum Gasteiger partial charge on any atom is -0.497 e. The molecule has 0 aliphatic heterocycles. The van der Waals surface area contributed by atoms with Crippen molar-refractivity contribution in [3.05, 3.63) is 71.8 Å². The van der Waals surface area contributed by atoms with Gasteiger partial charge >= 0.3 is 0 Å². The lowest BCUT2D eigenvalue weighted by Gasteiger charge is -2.15. The highest BCUT2D eigenvalue weighted by Crippen LogP contribution is 2.17. The molecule has 8 heteroatoms. The number of pyridine rings is 1. The van der Waals surface area contributed by atoms with Gasteiger partial charge in [0.15, 0.2) is 11.5 Å². The molecular weight excluding hydrogens is 342 g/mol. The van der Waals surface area contributed by atoms with E-state index in [2.05, 4.69) is 10.1 Å². The SMILES string of the molecule is COc1cccc(-n2cc(CN(C)C(=O)c3ncc(F)cc3F)cn2)c1. The summed E-state index contributed by atoms with van der Waals surface area (Å²) in [5, 5.41) is 4.26. The number of rotatable bonds is 5. The highest BCUT2D eigenvalue weighted by atomic mass is 19.1. The Labute approximate surface area is 148 Å². The highest BCUT2D eigenvalue weighted by Gasteiger charge is 2.19. The quantitative estimate of drug-likeness (QED) is 0.704. The molecule has 0 unspecified atom stereocenters. The fraction of sp³-hybridized carbons (Fsp3) is 0.167. The number of ether oxygens (including phenoxy) is 1. The number of carbonyl (C=O) groups excluding carboxylic acids is 1. The van der Waals surface area contributed by atoms with Crippen molar-refractivity contribution < 1.29 is 18.3 Å². The minimum atomic E-state index is -0.992. The topological polar surface area (TPSA) is 60.2 Å². The van der Waals surface area contributed by atoms with Crippen LogP contribution in [-0.2, 0) is 6.54 Å². The van der Waals surface area contributed by atoms with Crippen molar-refractivity contribution in [1.29, 1.82) is 0 Å². The zero-order valence-electron chi connectivity index (χ0n) is 14.2. The van der Waals surface area contributed by atoms with E-state index in [-0.39, 0.29) is 6.54 Å². The van der Waals surface area contributed by atoms with Gasteiger partial charge in [0.2, 0.25) is 0 Å². The second-order valence-electron chi connectivity index (χ2n) is 5.64. The first-order valence-corrected chi connectivity index (χ1v) is 7.72. The molecular formula is C18H16F2N4O2. The summed E-state index contributed by atoms with van der Waals surface area (Å²) >= 11 is 0. The number of amides is 1. The van der Waals surface area contributed by atoms with Crippen LogP contribution in [0.15, 0.2) is 48.9 Å². The van der Waals surface area contributed by atoms with Gasteiger partial charge in [-0.1, -0.05) is 6.07 Å². The van der Waals surface area contributed by atoms with Gasteiger partial charge in [0.1, 0.15) is 11.6 Å². The van der Waals surface area contributed by atoms with Crippen molar-refractivity contribution in [2.75, 3.05) is 14.2 Å². The summed E-state index contributed by atoms with van der Waals surface area (Å²) in [5.74, 6) is -1.77. The third-order valence-electron chi connectivity index (χ3n) is 3.73. The van der Waals surface area contributed by atoms with Crippen LogP contribution in [0.1, 0.15) is 16.1 Å². The molecule has 0 aliphatic carbocycles. The zero-order chi connectivity index (χ0) is 18.7. The van der Waals surface area contributed by atoms with Gasteiger partial charge in [-0.25, -0.2) is 18.4 Å². The number of hydrogen-bond acceptors (Lipinski definition) is 4. The van der Waals surface area contributed by atoms with Crippen LogP contribution in [0.4, 0.5) is 8.78 Å². The predicted octanol–water partition coefficient (Wildman–Crippen LogP) is 2.83. The van der Waals surface area contributed by atoms with Crippen molar-refractivity contribution in [2.24, 2.45) is 0 Å². The average molecular weight is 358 g/mol. The van der Waals surface area contributed by atoms with Gasteiger partial charge < -0.3 is 9.64 Å². The molecule has 0 fully saturated rings. The molecule has 3 aromatic rings. The molecule has 0 N–H and O–H groups in total. The fourth-order valence-electron chi connectivity index (χ4n) is 2.43. The van der Waals surface area contributed by atoms with E-state index in [0.29, 0.717) is 11.8 Å². The van der Waals surface area contributed by atoms with Gasteiger partial charge in [0.05, 0.1) is 25.2 Å². The Kier molecular flexibility index (Phi) is 4.92. The first-order valence-electron chi connectivity index (χ1n) is 7.72. The molecule has 0 aliphatic rings. The smallest absolute Gasteiger partial charge is 0.275 e. The molecule has 0 bridgehead atoms. The van der Waals surface area contributed by atoms with Crippen LogP contribution in [0, 0.1) is 11.6 Å². The largest absolute Gasteiger partial charge is 0.497 e. The second kappa shape index (κ2) is 7.30. The van der Waals surface area contributed by atoms with E-state index < -0.39 is 23.2 Å². The molecule has 3 rings (SSSR count). The Bertz CT molecular complexity index is 942. The van der Waals surface area contributed by atoms with Crippen molar-refractivity contribution >= 4 is 5.91 Å². The monoisotopic (exact) mass is 358 g/mol. The third-order valence-corrected chi connectivity index (χ3v) is 3.73. The van der Waals surface area contributed by atoms with Crippen LogP contribution in [0.3, 0.4) is 0 Å². The van der Waals surface area contributed by atoms with E-state index in [1.807, 2.05) is 24.3 Å². The molecule has 1 aromatic carbocycles. The Balaban J connectivity index is 1.74. The molecule has 2 aromatic heterocycles. The van der Waals surface area contributed by atoms with Crippen LogP contribution in [0.25, 0.3) is 5.69 Å². The van der Waals surface area contributed by atoms with Gasteiger partial charge in [-0.15, -0.1) is 0 Å². The first-order chi connectivity index (χ1) is 12.5. The van der Waals surface area contributed by atoms with Crippen molar-refractivity contribution in [3.63, 3.8) is 0 Å². The maximum absolute atomic E-state index is 13.7. The van der Waals surface area contributed by atoms with Crippen LogP contribution >= 0.6 is 0 Å². The summed E-state index contributed by atoms with van der Waals surface area (Å²) in [6, 6.07) is 7.99. The molecule has 0 saturated carbocycles. The number of carbonyl (C=O) groups is 1. The second-order valence-corrected chi connectivity index (χ2v) is 5.64. The number of halogens is 2. The maximum Gasteiger partial charge on any atom is 0.275 e. The van der Waals surface area contributed by atoms with Crippen LogP contribution < -0.4 is 4.74 Å². The molecule has 0 spiro atoms. The van der Waals surface area contributed by atoms with E-state index in [1.54, 1.807) is 24.2 Å². The van der Waals surface area contributed by atoms with Crippen LogP contribution in [0.2, 0.25) is 0 Å². The Morgan fingerprint density at radius 2 is 2.08 bits per heavy atom. The third kappa shape index (κ3) is 3.69. The summed E-state index contributed by atoms with van der Waals surface area (Å²) in [6.45, 7) is 0.196. The highest BCUT2D eigenvalue weighted by molar-refractivity contribution is 5.92. The molecule has 134 valence electrons. The molecule has 0 atom stereocenters. The summed E-state index contributed by atoms with van der Waals surface area (Å²) in [4.78, 5) is 17.1. The van der Waals surface area contributed by atoms with Gasteiger partial charge in [0.25, 0.3) is 5.91 Å². The van der Waals surface area contributed by atoms with E-state index in [9.17, 15) is 13.6 Å². The lowest BCUT2D eigenvalue weighted by Crippen LogP contribution is -2.27. The number of hydrogen-bond donors (Lipinski definition) is 0. The Morgan fingerprint density at radius 1 is 1.27 bits per heavy atom. The predicted molar refractivity (Wildman–Crippen MR) is 90.1 cm³/mol. The number of benzene rings is 1. The zero-order valence-corrected chi connectivity index (χ0v) is 14.2. The summed E-state index contributed by atoms with van der Waals surface area (Å²) in [6.07, 6.45) is 4.18. The average Bonchev–Trinajstić information content (AvgIpc) is 3.09. The van der Waals surface area contributed by atoms with Gasteiger partial charge in [-0.2, -0.15) is 5.10 Å². The minimum absolute atomic E-state index is 0.196. The summed E-state index contributed by atoms with van der Waals surface area (Å²) in [5.41, 5.74) is 1.12. The fourth-order valence-corrected chi connectivity index (χ4v) is 2.43. The van der Waals surface area contributed by atoms with Crippen LogP contribution in [-0.4, -0.2) is 39.7 Å². The van der Waals surface area contributed by atoms with E-state index in [0.717, 1.165) is 17.4 Å². The maximum atomic E-state index is 13.7. The number of aromatic nitrogens is 3. The molecule has 0 saturated heterocycles. The number of methoxy groups -OCH3 is 1. The number of nitrogens with zero attached hydrogens (tertiary/aromatic N) is 4.